The van der Waals surface area contributed by atoms with Crippen LogP contribution in [0.15, 0.2) is 60.7 Å². The molecule has 0 aliphatic heterocycles. The number of carbonyl (C=O) groups excluding carboxylic acids is 4. The third-order valence-electron chi connectivity index (χ3n) is 6.29. The van der Waals surface area contributed by atoms with E-state index >= 15 is 0 Å². The summed E-state index contributed by atoms with van der Waals surface area (Å²) in [6, 6.07) is 15.3. The summed E-state index contributed by atoms with van der Waals surface area (Å²) in [5, 5.41) is 5.61. The van der Waals surface area contributed by atoms with Crippen LogP contribution < -0.4 is 10.6 Å². The van der Waals surface area contributed by atoms with E-state index in [1.54, 1.807) is 72.7 Å². The number of esters is 1. The van der Waals surface area contributed by atoms with Crippen molar-refractivity contribution in [3.05, 3.63) is 71.8 Å². The Labute approximate surface area is 256 Å². The maximum atomic E-state index is 14.1. The van der Waals surface area contributed by atoms with E-state index in [1.165, 1.54) is 4.90 Å². The van der Waals surface area contributed by atoms with Gasteiger partial charge in [0.05, 0.1) is 0 Å². The summed E-state index contributed by atoms with van der Waals surface area (Å²) in [6.45, 7) is 16.4. The lowest BCUT2D eigenvalue weighted by molar-refractivity contribution is -0.159. The molecule has 0 radical (unpaired) electrons. The quantitative estimate of drug-likeness (QED) is 0.310. The Morgan fingerprint density at radius 1 is 0.767 bits per heavy atom. The summed E-state index contributed by atoms with van der Waals surface area (Å²) in [5.74, 6) is -1.47. The van der Waals surface area contributed by atoms with E-state index in [-0.39, 0.29) is 18.9 Å². The largest absolute Gasteiger partial charge is 0.458 e. The van der Waals surface area contributed by atoms with Crippen LogP contribution >= 0.6 is 0 Å². The minimum absolute atomic E-state index is 0.0639. The summed E-state index contributed by atoms with van der Waals surface area (Å²) in [7, 11) is 0. The smallest absolute Gasteiger partial charge is 0.408 e. The van der Waals surface area contributed by atoms with E-state index < -0.39 is 53.2 Å². The monoisotopic (exact) mass is 595 g/mol. The molecule has 0 aromatic heterocycles. The average molecular weight is 596 g/mol. The van der Waals surface area contributed by atoms with Crippen molar-refractivity contribution in [2.45, 2.75) is 104 Å². The predicted octanol–water partition coefficient (Wildman–Crippen LogP) is 5.58. The number of benzene rings is 2. The van der Waals surface area contributed by atoms with Crippen LogP contribution in [0.1, 0.15) is 85.9 Å². The molecule has 9 heteroatoms. The number of ether oxygens (including phenoxy) is 2. The molecule has 9 nitrogen and oxygen atoms in total. The molecule has 3 atom stereocenters. The van der Waals surface area contributed by atoms with Crippen molar-refractivity contribution in [2.75, 3.05) is 6.54 Å². The number of hydrogen-bond donors (Lipinski definition) is 2. The van der Waals surface area contributed by atoms with Gasteiger partial charge >= 0.3 is 12.1 Å². The molecule has 0 spiro atoms. The molecule has 0 aliphatic carbocycles. The first-order valence-electron chi connectivity index (χ1n) is 14.9. The van der Waals surface area contributed by atoms with Crippen LogP contribution in [0.4, 0.5) is 4.79 Å². The molecular formula is C34H49N3O6. The first kappa shape index (κ1) is 35.3. The zero-order valence-corrected chi connectivity index (χ0v) is 27.1. The molecule has 236 valence electrons. The molecule has 0 saturated heterocycles. The van der Waals surface area contributed by atoms with E-state index in [1.807, 2.05) is 50.2 Å². The molecule has 3 amide bonds. The van der Waals surface area contributed by atoms with E-state index in [0.717, 1.165) is 5.56 Å². The van der Waals surface area contributed by atoms with Crippen molar-refractivity contribution in [3.63, 3.8) is 0 Å². The van der Waals surface area contributed by atoms with Gasteiger partial charge in [-0.25, -0.2) is 9.59 Å². The number of amides is 3. The molecule has 2 aromatic carbocycles. The molecule has 43 heavy (non-hydrogen) atoms. The van der Waals surface area contributed by atoms with Crippen molar-refractivity contribution >= 4 is 23.9 Å². The van der Waals surface area contributed by atoms with Crippen molar-refractivity contribution in [1.82, 2.24) is 15.5 Å². The van der Waals surface area contributed by atoms with Crippen LogP contribution in [-0.4, -0.2) is 58.6 Å². The topological polar surface area (TPSA) is 114 Å². The highest BCUT2D eigenvalue weighted by Gasteiger charge is 2.37. The predicted molar refractivity (Wildman–Crippen MR) is 167 cm³/mol. The zero-order chi connectivity index (χ0) is 32.4. The molecular weight excluding hydrogens is 546 g/mol. The lowest BCUT2D eigenvalue weighted by atomic mass is 9.98. The molecule has 3 unspecified atom stereocenters. The van der Waals surface area contributed by atoms with E-state index in [0.29, 0.717) is 12.0 Å². The van der Waals surface area contributed by atoms with Gasteiger partial charge in [0.1, 0.15) is 29.3 Å². The third kappa shape index (κ3) is 12.1. The van der Waals surface area contributed by atoms with Gasteiger partial charge in [-0.05, 0) is 71.9 Å². The molecule has 2 rings (SSSR count). The summed E-state index contributed by atoms with van der Waals surface area (Å²) in [6.07, 6.45) is -0.165. The molecule has 0 saturated carbocycles. The zero-order valence-electron chi connectivity index (χ0n) is 27.1. The van der Waals surface area contributed by atoms with Crippen LogP contribution in [-0.2, 0) is 30.3 Å². The van der Waals surface area contributed by atoms with E-state index in [4.69, 9.17) is 9.47 Å². The minimum Gasteiger partial charge on any atom is -0.458 e. The van der Waals surface area contributed by atoms with Gasteiger partial charge in [0, 0.05) is 13.0 Å². The van der Waals surface area contributed by atoms with Gasteiger partial charge in [-0.3, -0.25) is 9.59 Å². The number of nitrogens with one attached hydrogen (secondary N) is 2. The van der Waals surface area contributed by atoms with E-state index in [2.05, 4.69) is 10.6 Å². The first-order valence-corrected chi connectivity index (χ1v) is 14.9. The van der Waals surface area contributed by atoms with Crippen LogP contribution in [0.3, 0.4) is 0 Å². The lowest BCUT2D eigenvalue weighted by Gasteiger charge is -2.35. The number of likely N-dealkylation sites (N-methyl/N-ethyl adjacent to an activating group) is 1. The first-order chi connectivity index (χ1) is 20.0. The van der Waals surface area contributed by atoms with Gasteiger partial charge in [-0.2, -0.15) is 0 Å². The number of rotatable bonds is 12. The molecule has 0 fully saturated rings. The van der Waals surface area contributed by atoms with Crippen LogP contribution in [0.5, 0.6) is 0 Å². The fraction of sp³-hybridized carbons (Fsp3) is 0.529. The summed E-state index contributed by atoms with van der Waals surface area (Å²) >= 11 is 0. The second-order valence-electron chi connectivity index (χ2n) is 13.1. The average Bonchev–Trinajstić information content (AvgIpc) is 2.89. The highest BCUT2D eigenvalue weighted by Crippen LogP contribution is 2.24. The number of nitrogens with zero attached hydrogens (tertiary/aromatic N) is 1. The lowest BCUT2D eigenvalue weighted by Crippen LogP contribution is -2.55. The summed E-state index contributed by atoms with van der Waals surface area (Å²) in [5.41, 5.74) is -0.101. The second kappa shape index (κ2) is 15.5. The fourth-order valence-corrected chi connectivity index (χ4v) is 4.58. The maximum Gasteiger partial charge on any atom is 0.408 e. The highest BCUT2D eigenvalue weighted by atomic mass is 16.6. The Morgan fingerprint density at radius 2 is 1.30 bits per heavy atom. The van der Waals surface area contributed by atoms with Crippen molar-refractivity contribution < 1.29 is 28.7 Å². The van der Waals surface area contributed by atoms with E-state index in [9.17, 15) is 19.2 Å². The Bertz CT molecular complexity index is 1200. The van der Waals surface area contributed by atoms with Crippen LogP contribution in [0.25, 0.3) is 0 Å². The maximum absolute atomic E-state index is 14.1. The fourth-order valence-electron chi connectivity index (χ4n) is 4.58. The van der Waals surface area contributed by atoms with Gasteiger partial charge in [0.2, 0.25) is 11.8 Å². The van der Waals surface area contributed by atoms with Crippen LogP contribution in [0.2, 0.25) is 0 Å². The van der Waals surface area contributed by atoms with Crippen molar-refractivity contribution in [2.24, 2.45) is 5.92 Å². The van der Waals surface area contributed by atoms with Gasteiger partial charge in [0.25, 0.3) is 0 Å². The third-order valence-corrected chi connectivity index (χ3v) is 6.29. The molecule has 0 heterocycles. The van der Waals surface area contributed by atoms with Gasteiger partial charge in [0.15, 0.2) is 0 Å². The van der Waals surface area contributed by atoms with Gasteiger partial charge in [-0.1, -0.05) is 74.5 Å². The minimum atomic E-state index is -1.07. The molecule has 2 aromatic rings. The van der Waals surface area contributed by atoms with Crippen LogP contribution in [0, 0.1) is 5.92 Å². The Kier molecular flexibility index (Phi) is 12.8. The van der Waals surface area contributed by atoms with Crippen molar-refractivity contribution in [1.29, 1.82) is 0 Å². The summed E-state index contributed by atoms with van der Waals surface area (Å²) in [4.78, 5) is 55.7. The highest BCUT2D eigenvalue weighted by molar-refractivity contribution is 5.94. The molecule has 0 aliphatic rings. The Balaban J connectivity index is 2.48. The standard InChI is InChI=1S/C34H49N3O6/c1-10-37(30(39)26(21-23(2)3)36-32(41)43-34(7,8)9)28(25-19-15-12-16-20-25)29(38)35-27(31(40)42-33(4,5)6)22-24-17-13-11-14-18-24/h11-20,23,26-28H,10,21-22H2,1-9H3,(H,35,38)(H,36,41). The summed E-state index contributed by atoms with van der Waals surface area (Å²) < 4.78 is 11.1. The molecule has 0 bridgehead atoms. The normalized spacial score (nSPS) is 13.8. The van der Waals surface area contributed by atoms with Gasteiger partial charge < -0.3 is 25.0 Å². The second-order valence-corrected chi connectivity index (χ2v) is 13.1. The number of alkyl carbamates (subject to hydrolysis) is 1. The Morgan fingerprint density at radius 3 is 1.79 bits per heavy atom. The SMILES string of the molecule is CCN(C(=O)C(CC(C)C)NC(=O)OC(C)(C)C)C(C(=O)NC(Cc1ccccc1)C(=O)OC(C)(C)C)c1ccccc1. The van der Waals surface area contributed by atoms with Gasteiger partial charge in [-0.15, -0.1) is 0 Å². The van der Waals surface area contributed by atoms with Crippen molar-refractivity contribution in [3.8, 4) is 0 Å². The molecule has 2 N–H and O–H groups in total. The Hall–Kier alpha value is -3.88. The number of carbonyl (C=O) groups is 4. The number of hydrogen-bond acceptors (Lipinski definition) is 6.